The predicted molar refractivity (Wildman–Crippen MR) is 89.9 cm³/mol. The number of para-hydroxylation sites is 1. The third-order valence-electron chi connectivity index (χ3n) is 3.83. The Hall–Kier alpha value is -1.48. The van der Waals surface area contributed by atoms with Gasteiger partial charge in [-0.2, -0.15) is 5.10 Å². The Bertz CT molecular complexity index is 559. The summed E-state index contributed by atoms with van der Waals surface area (Å²) in [5, 5.41) is 8.10. The number of alkyl halides is 1. The molecule has 0 saturated carbocycles. The van der Waals surface area contributed by atoms with Crippen molar-refractivity contribution in [2.75, 3.05) is 5.32 Å². The zero-order valence-corrected chi connectivity index (χ0v) is 13.8. The number of hydrogen-bond donors (Lipinski definition) is 1. The van der Waals surface area contributed by atoms with E-state index in [4.69, 9.17) is 11.6 Å². The molecule has 1 unspecified atom stereocenters. The number of hydrogen-bond acceptors (Lipinski definition) is 2. The summed E-state index contributed by atoms with van der Waals surface area (Å²) < 4.78 is 2.08. The van der Waals surface area contributed by atoms with Gasteiger partial charge in [0, 0.05) is 11.9 Å². The first-order valence-corrected chi connectivity index (χ1v) is 8.10. The average Bonchev–Trinajstić information content (AvgIpc) is 2.95. The van der Waals surface area contributed by atoms with E-state index in [1.807, 2.05) is 19.1 Å². The zero-order chi connectivity index (χ0) is 15.2. The molecular formula is C17H24ClN3. The second-order valence-corrected chi connectivity index (χ2v) is 5.97. The number of nitrogens with one attached hydrogen (secondary N) is 1. The molecule has 0 bridgehead atoms. The van der Waals surface area contributed by atoms with E-state index < -0.39 is 0 Å². The lowest BCUT2D eigenvalue weighted by atomic mass is 10.1. The third kappa shape index (κ3) is 4.01. The fraction of sp³-hybridized carbons (Fsp3) is 0.471. The van der Waals surface area contributed by atoms with Crippen molar-refractivity contribution in [3.8, 4) is 0 Å². The molecule has 21 heavy (non-hydrogen) atoms. The molecule has 0 saturated heterocycles. The van der Waals surface area contributed by atoms with Crippen molar-refractivity contribution in [3.05, 3.63) is 47.8 Å². The van der Waals surface area contributed by atoms with Gasteiger partial charge in [-0.1, -0.05) is 32.0 Å². The van der Waals surface area contributed by atoms with Crippen molar-refractivity contribution in [1.82, 2.24) is 9.78 Å². The number of nitrogens with zero attached hydrogens (tertiary/aromatic N) is 2. The van der Waals surface area contributed by atoms with E-state index in [9.17, 15) is 0 Å². The van der Waals surface area contributed by atoms with Crippen LogP contribution in [0, 0.1) is 0 Å². The van der Waals surface area contributed by atoms with E-state index in [2.05, 4.69) is 53.3 Å². The monoisotopic (exact) mass is 305 g/mol. The highest BCUT2D eigenvalue weighted by Crippen LogP contribution is 2.27. The number of halogens is 1. The SMILES string of the molecule is CCC(CC)n1ccc(CNc2ccccc2C(C)Cl)n1. The molecule has 3 nitrogen and oxygen atoms in total. The van der Waals surface area contributed by atoms with Crippen LogP contribution in [0.15, 0.2) is 36.5 Å². The third-order valence-corrected chi connectivity index (χ3v) is 4.06. The Morgan fingerprint density at radius 2 is 1.90 bits per heavy atom. The summed E-state index contributed by atoms with van der Waals surface area (Å²) in [5.74, 6) is 0. The average molecular weight is 306 g/mol. The van der Waals surface area contributed by atoms with Crippen LogP contribution in [0.1, 0.15) is 56.3 Å². The molecule has 0 aliphatic rings. The number of anilines is 1. The maximum atomic E-state index is 6.21. The van der Waals surface area contributed by atoms with Crippen LogP contribution in [0.2, 0.25) is 0 Å². The zero-order valence-electron chi connectivity index (χ0n) is 13.0. The number of benzene rings is 1. The summed E-state index contributed by atoms with van der Waals surface area (Å²) in [6.07, 6.45) is 4.29. The van der Waals surface area contributed by atoms with Crippen LogP contribution in [0.3, 0.4) is 0 Å². The van der Waals surface area contributed by atoms with E-state index in [0.29, 0.717) is 12.6 Å². The molecule has 4 heteroatoms. The molecule has 0 spiro atoms. The lowest BCUT2D eigenvalue weighted by Gasteiger charge is -2.13. The minimum atomic E-state index is -0.00387. The van der Waals surface area contributed by atoms with Gasteiger partial charge in [-0.15, -0.1) is 11.6 Å². The summed E-state index contributed by atoms with van der Waals surface area (Å²) in [6.45, 7) is 7.11. The van der Waals surface area contributed by atoms with Gasteiger partial charge in [0.25, 0.3) is 0 Å². The van der Waals surface area contributed by atoms with Crippen LogP contribution >= 0.6 is 11.6 Å². The van der Waals surface area contributed by atoms with Crippen molar-refractivity contribution in [2.45, 2.75) is 51.6 Å². The highest BCUT2D eigenvalue weighted by Gasteiger charge is 2.09. The minimum absolute atomic E-state index is 0.00387. The second-order valence-electron chi connectivity index (χ2n) is 5.31. The van der Waals surface area contributed by atoms with E-state index in [-0.39, 0.29) is 5.38 Å². The molecular weight excluding hydrogens is 282 g/mol. The molecule has 1 atom stereocenters. The molecule has 0 aliphatic heterocycles. The van der Waals surface area contributed by atoms with E-state index >= 15 is 0 Å². The van der Waals surface area contributed by atoms with Crippen molar-refractivity contribution >= 4 is 17.3 Å². The molecule has 1 aromatic heterocycles. The van der Waals surface area contributed by atoms with Gasteiger partial charge < -0.3 is 5.32 Å². The van der Waals surface area contributed by atoms with Gasteiger partial charge in [0.2, 0.25) is 0 Å². The molecule has 0 aliphatic carbocycles. The summed E-state index contributed by atoms with van der Waals surface area (Å²) in [7, 11) is 0. The summed E-state index contributed by atoms with van der Waals surface area (Å²) in [4.78, 5) is 0. The molecule has 1 aromatic carbocycles. The lowest BCUT2D eigenvalue weighted by molar-refractivity contribution is 0.426. The van der Waals surface area contributed by atoms with Gasteiger partial charge in [-0.3, -0.25) is 4.68 Å². The van der Waals surface area contributed by atoms with E-state index in [0.717, 1.165) is 29.8 Å². The second kappa shape index (κ2) is 7.51. The minimum Gasteiger partial charge on any atom is -0.379 e. The van der Waals surface area contributed by atoms with Crippen molar-refractivity contribution < 1.29 is 0 Å². The van der Waals surface area contributed by atoms with Crippen LogP contribution in [0.5, 0.6) is 0 Å². The van der Waals surface area contributed by atoms with Gasteiger partial charge in [-0.05, 0) is 37.5 Å². The molecule has 0 fully saturated rings. The van der Waals surface area contributed by atoms with E-state index in [1.165, 1.54) is 0 Å². The van der Waals surface area contributed by atoms with Crippen molar-refractivity contribution in [3.63, 3.8) is 0 Å². The predicted octanol–water partition coefficient (Wildman–Crippen LogP) is 5.16. The van der Waals surface area contributed by atoms with Crippen LogP contribution in [-0.2, 0) is 6.54 Å². The first-order valence-electron chi connectivity index (χ1n) is 7.66. The fourth-order valence-electron chi connectivity index (χ4n) is 2.53. The summed E-state index contributed by atoms with van der Waals surface area (Å²) >= 11 is 6.21. The number of aromatic nitrogens is 2. The highest BCUT2D eigenvalue weighted by atomic mass is 35.5. The Morgan fingerprint density at radius 3 is 2.57 bits per heavy atom. The molecule has 1 N–H and O–H groups in total. The summed E-state index contributed by atoms with van der Waals surface area (Å²) in [6, 6.07) is 10.7. The molecule has 2 rings (SSSR count). The van der Waals surface area contributed by atoms with Crippen molar-refractivity contribution in [2.24, 2.45) is 0 Å². The van der Waals surface area contributed by atoms with Crippen LogP contribution in [-0.4, -0.2) is 9.78 Å². The molecule has 0 radical (unpaired) electrons. The first-order chi connectivity index (χ1) is 10.2. The van der Waals surface area contributed by atoms with E-state index in [1.54, 1.807) is 0 Å². The molecule has 0 amide bonds. The molecule has 114 valence electrons. The van der Waals surface area contributed by atoms with Gasteiger partial charge >= 0.3 is 0 Å². The fourth-order valence-corrected chi connectivity index (χ4v) is 2.72. The largest absolute Gasteiger partial charge is 0.379 e. The molecule has 2 aromatic rings. The Kier molecular flexibility index (Phi) is 5.68. The summed E-state index contributed by atoms with van der Waals surface area (Å²) in [5.41, 5.74) is 3.26. The van der Waals surface area contributed by atoms with Crippen LogP contribution in [0.4, 0.5) is 5.69 Å². The maximum absolute atomic E-state index is 6.21. The quantitative estimate of drug-likeness (QED) is 0.716. The van der Waals surface area contributed by atoms with Crippen LogP contribution < -0.4 is 5.32 Å². The standard InChI is InChI=1S/C17H24ClN3/c1-4-15(5-2)21-11-10-14(20-21)12-19-17-9-7-6-8-16(17)13(3)18/h6-11,13,15,19H,4-5,12H2,1-3H3. The first kappa shape index (κ1) is 15.9. The Labute approximate surface area is 132 Å². The Morgan fingerprint density at radius 1 is 1.19 bits per heavy atom. The van der Waals surface area contributed by atoms with Crippen molar-refractivity contribution in [1.29, 1.82) is 0 Å². The maximum Gasteiger partial charge on any atom is 0.0815 e. The highest BCUT2D eigenvalue weighted by molar-refractivity contribution is 6.21. The Balaban J connectivity index is 2.04. The van der Waals surface area contributed by atoms with Gasteiger partial charge in [-0.25, -0.2) is 0 Å². The molecule has 1 heterocycles. The topological polar surface area (TPSA) is 29.9 Å². The van der Waals surface area contributed by atoms with Gasteiger partial charge in [0.05, 0.1) is 23.7 Å². The number of rotatable bonds is 7. The smallest absolute Gasteiger partial charge is 0.0815 e. The van der Waals surface area contributed by atoms with Crippen LogP contribution in [0.25, 0.3) is 0 Å². The lowest BCUT2D eigenvalue weighted by Crippen LogP contribution is -2.09. The van der Waals surface area contributed by atoms with Gasteiger partial charge in [0.1, 0.15) is 0 Å². The van der Waals surface area contributed by atoms with Gasteiger partial charge in [0.15, 0.2) is 0 Å². The normalized spacial score (nSPS) is 12.6.